The molecule has 0 aromatic heterocycles. The molecule has 0 unspecified atom stereocenters. The van der Waals surface area contributed by atoms with Crippen LogP contribution < -0.4 is 9.47 Å². The van der Waals surface area contributed by atoms with Gasteiger partial charge in [-0.05, 0) is 25.5 Å². The van der Waals surface area contributed by atoms with E-state index in [0.29, 0.717) is 17.9 Å². The fraction of sp³-hybridized carbons (Fsp3) is 0.696. The van der Waals surface area contributed by atoms with Crippen LogP contribution >= 0.6 is 0 Å². The molecule has 0 aliphatic carbocycles. The van der Waals surface area contributed by atoms with Crippen molar-refractivity contribution in [2.75, 3.05) is 13.7 Å². The normalized spacial score (nSPS) is 10.7. The van der Waals surface area contributed by atoms with Crippen LogP contribution in [0.15, 0.2) is 18.2 Å². The van der Waals surface area contributed by atoms with Gasteiger partial charge in [-0.1, -0.05) is 77.6 Å². The number of ketones is 1. The highest BCUT2D eigenvalue weighted by atomic mass is 16.5. The highest BCUT2D eigenvalue weighted by molar-refractivity contribution is 5.97. The van der Waals surface area contributed by atoms with E-state index in [9.17, 15) is 4.79 Å². The van der Waals surface area contributed by atoms with Gasteiger partial charge in [0.05, 0.1) is 19.3 Å². The van der Waals surface area contributed by atoms with Gasteiger partial charge in [0, 0.05) is 6.07 Å². The molecule has 0 bridgehead atoms. The van der Waals surface area contributed by atoms with Crippen molar-refractivity contribution in [1.82, 2.24) is 0 Å². The zero-order chi connectivity index (χ0) is 19.0. The Bertz CT molecular complexity index is 496. The maximum absolute atomic E-state index is 11.7. The number of carbonyl (C=O) groups excluding carboxylic acids is 1. The minimum atomic E-state index is 0.0253. The van der Waals surface area contributed by atoms with Crippen LogP contribution in [0.25, 0.3) is 0 Å². The van der Waals surface area contributed by atoms with Crippen molar-refractivity contribution in [2.24, 2.45) is 0 Å². The molecule has 0 spiro atoms. The number of unbranched alkanes of at least 4 members (excludes halogenated alkanes) is 11. The summed E-state index contributed by atoms with van der Waals surface area (Å²) in [7, 11) is 1.62. The van der Waals surface area contributed by atoms with Gasteiger partial charge in [0.2, 0.25) is 0 Å². The second kappa shape index (κ2) is 14.6. The zero-order valence-electron chi connectivity index (χ0n) is 17.1. The second-order valence-corrected chi connectivity index (χ2v) is 7.16. The van der Waals surface area contributed by atoms with Crippen LogP contribution in [0.3, 0.4) is 0 Å². The molecule has 1 rings (SSSR count). The molecule has 3 heteroatoms. The lowest BCUT2D eigenvalue weighted by Crippen LogP contribution is -2.03. The molecule has 0 N–H and O–H groups in total. The summed E-state index contributed by atoms with van der Waals surface area (Å²) in [6.07, 6.45) is 15.9. The summed E-state index contributed by atoms with van der Waals surface area (Å²) in [6.45, 7) is 4.49. The summed E-state index contributed by atoms with van der Waals surface area (Å²) >= 11 is 0. The van der Waals surface area contributed by atoms with Gasteiger partial charge < -0.3 is 9.47 Å². The van der Waals surface area contributed by atoms with E-state index in [1.165, 1.54) is 70.6 Å². The lowest BCUT2D eigenvalue weighted by Gasteiger charge is -2.11. The quantitative estimate of drug-likeness (QED) is 0.235. The van der Waals surface area contributed by atoms with Gasteiger partial charge in [0.1, 0.15) is 11.5 Å². The van der Waals surface area contributed by atoms with Crippen molar-refractivity contribution in [3.8, 4) is 11.5 Å². The minimum absolute atomic E-state index is 0.0253. The Morgan fingerprint density at radius 3 is 1.88 bits per heavy atom. The third-order valence-electron chi connectivity index (χ3n) is 4.82. The molecule has 3 nitrogen and oxygen atoms in total. The van der Waals surface area contributed by atoms with Gasteiger partial charge in [0.15, 0.2) is 5.78 Å². The summed E-state index contributed by atoms with van der Waals surface area (Å²) in [4.78, 5) is 11.7. The first-order chi connectivity index (χ1) is 12.7. The van der Waals surface area contributed by atoms with Crippen molar-refractivity contribution in [1.29, 1.82) is 0 Å². The Morgan fingerprint density at radius 2 is 1.38 bits per heavy atom. The molecule has 0 saturated heterocycles. The summed E-state index contributed by atoms with van der Waals surface area (Å²) in [6, 6.07) is 5.38. The van der Waals surface area contributed by atoms with Crippen LogP contribution in [-0.4, -0.2) is 19.5 Å². The van der Waals surface area contributed by atoms with E-state index in [-0.39, 0.29) is 5.78 Å². The standard InChI is InChI=1S/C23H38O3/c1-4-5-6-7-8-9-10-11-12-13-14-15-18-26-23-19-21(25-3)16-17-22(23)20(2)24/h16-17,19H,4-15,18H2,1-3H3. The van der Waals surface area contributed by atoms with Crippen molar-refractivity contribution in [3.05, 3.63) is 23.8 Å². The Hall–Kier alpha value is -1.51. The van der Waals surface area contributed by atoms with E-state index >= 15 is 0 Å². The molecule has 0 amide bonds. The van der Waals surface area contributed by atoms with Gasteiger partial charge >= 0.3 is 0 Å². The molecule has 0 radical (unpaired) electrons. The number of benzene rings is 1. The van der Waals surface area contributed by atoms with E-state index in [4.69, 9.17) is 9.47 Å². The van der Waals surface area contributed by atoms with E-state index in [1.807, 2.05) is 0 Å². The van der Waals surface area contributed by atoms with E-state index in [0.717, 1.165) is 12.2 Å². The van der Waals surface area contributed by atoms with Crippen molar-refractivity contribution in [2.45, 2.75) is 90.9 Å². The van der Waals surface area contributed by atoms with Gasteiger partial charge in [-0.25, -0.2) is 0 Å². The third kappa shape index (κ3) is 9.84. The number of hydrogen-bond acceptors (Lipinski definition) is 3. The first-order valence-corrected chi connectivity index (χ1v) is 10.5. The number of Topliss-reactive ketones (excluding diaryl/α,β-unsaturated/α-hetero) is 1. The number of hydrogen-bond donors (Lipinski definition) is 0. The lowest BCUT2D eigenvalue weighted by atomic mass is 10.1. The molecular formula is C23H38O3. The molecule has 1 aromatic carbocycles. The van der Waals surface area contributed by atoms with Crippen LogP contribution in [0.1, 0.15) is 101 Å². The number of rotatable bonds is 16. The van der Waals surface area contributed by atoms with E-state index < -0.39 is 0 Å². The smallest absolute Gasteiger partial charge is 0.163 e. The molecule has 26 heavy (non-hydrogen) atoms. The first-order valence-electron chi connectivity index (χ1n) is 10.5. The van der Waals surface area contributed by atoms with Crippen LogP contribution in [0.5, 0.6) is 11.5 Å². The van der Waals surface area contributed by atoms with Crippen LogP contribution in [-0.2, 0) is 0 Å². The average molecular weight is 363 g/mol. The molecule has 0 atom stereocenters. The summed E-state index contributed by atoms with van der Waals surface area (Å²) in [5, 5.41) is 0. The summed E-state index contributed by atoms with van der Waals surface area (Å²) in [5.41, 5.74) is 0.629. The Morgan fingerprint density at radius 1 is 0.846 bits per heavy atom. The predicted octanol–water partition coefficient (Wildman–Crippen LogP) is 6.98. The van der Waals surface area contributed by atoms with Crippen molar-refractivity contribution >= 4 is 5.78 Å². The number of methoxy groups -OCH3 is 1. The fourth-order valence-corrected chi connectivity index (χ4v) is 3.17. The van der Waals surface area contributed by atoms with Gasteiger partial charge in [-0.2, -0.15) is 0 Å². The van der Waals surface area contributed by atoms with E-state index in [2.05, 4.69) is 6.92 Å². The molecular weight excluding hydrogens is 324 g/mol. The number of carbonyl (C=O) groups is 1. The number of ether oxygens (including phenoxy) is 2. The van der Waals surface area contributed by atoms with Gasteiger partial charge in [-0.3, -0.25) is 4.79 Å². The Balaban J connectivity index is 2.06. The van der Waals surface area contributed by atoms with Gasteiger partial charge in [-0.15, -0.1) is 0 Å². The minimum Gasteiger partial charge on any atom is -0.497 e. The first kappa shape index (κ1) is 22.5. The SMILES string of the molecule is CCCCCCCCCCCCCCOc1cc(OC)ccc1C(C)=O. The highest BCUT2D eigenvalue weighted by Crippen LogP contribution is 2.25. The predicted molar refractivity (Wildman–Crippen MR) is 110 cm³/mol. The molecule has 0 aliphatic heterocycles. The van der Waals surface area contributed by atoms with Crippen molar-refractivity contribution < 1.29 is 14.3 Å². The van der Waals surface area contributed by atoms with E-state index in [1.54, 1.807) is 32.2 Å². The monoisotopic (exact) mass is 362 g/mol. The Kier molecular flexibility index (Phi) is 12.7. The molecule has 0 heterocycles. The van der Waals surface area contributed by atoms with Gasteiger partial charge in [0.25, 0.3) is 0 Å². The highest BCUT2D eigenvalue weighted by Gasteiger charge is 2.09. The lowest BCUT2D eigenvalue weighted by molar-refractivity contribution is 0.101. The molecule has 1 aromatic rings. The second-order valence-electron chi connectivity index (χ2n) is 7.16. The third-order valence-corrected chi connectivity index (χ3v) is 4.82. The summed E-state index contributed by atoms with van der Waals surface area (Å²) in [5.74, 6) is 1.39. The molecule has 148 valence electrons. The van der Waals surface area contributed by atoms with Crippen LogP contribution in [0.2, 0.25) is 0 Å². The topological polar surface area (TPSA) is 35.5 Å². The maximum Gasteiger partial charge on any atom is 0.163 e. The largest absolute Gasteiger partial charge is 0.497 e. The molecule has 0 aliphatic rings. The molecule has 0 saturated carbocycles. The fourth-order valence-electron chi connectivity index (χ4n) is 3.17. The van der Waals surface area contributed by atoms with Crippen LogP contribution in [0, 0.1) is 0 Å². The zero-order valence-corrected chi connectivity index (χ0v) is 17.1. The van der Waals surface area contributed by atoms with Crippen LogP contribution in [0.4, 0.5) is 0 Å². The maximum atomic E-state index is 11.7. The Labute approximate surface area is 160 Å². The van der Waals surface area contributed by atoms with Crippen molar-refractivity contribution in [3.63, 3.8) is 0 Å². The summed E-state index contributed by atoms with van der Waals surface area (Å²) < 4.78 is 11.0. The average Bonchev–Trinajstić information content (AvgIpc) is 2.65. The molecule has 0 fully saturated rings.